The van der Waals surface area contributed by atoms with Crippen molar-refractivity contribution in [3.63, 3.8) is 0 Å². The number of guanidine groups is 1. The number of halogens is 4. The van der Waals surface area contributed by atoms with Crippen molar-refractivity contribution in [2.24, 2.45) is 10.9 Å². The maximum Gasteiger partial charge on any atom is 0.416 e. The number of ether oxygens (including phenoxy) is 2. The van der Waals surface area contributed by atoms with E-state index < -0.39 is 17.8 Å². The number of alkyl halides is 3. The molecule has 0 spiro atoms. The van der Waals surface area contributed by atoms with E-state index in [0.717, 1.165) is 38.3 Å². The van der Waals surface area contributed by atoms with Crippen LogP contribution in [0.3, 0.4) is 0 Å². The Morgan fingerprint density at radius 1 is 1.38 bits per heavy atom. The van der Waals surface area contributed by atoms with Crippen LogP contribution in [0.2, 0.25) is 0 Å². The SMILES string of the molecule is CCNC(=NCC(O)COc1ccc(C(F)(F)F)cc1)N(C)CC1CCOC1.I. The Kier molecular flexibility index (Phi) is 11.0. The highest BCUT2D eigenvalue weighted by molar-refractivity contribution is 14.0. The zero-order valence-electron chi connectivity index (χ0n) is 16.6. The fourth-order valence-corrected chi connectivity index (χ4v) is 2.85. The van der Waals surface area contributed by atoms with Crippen LogP contribution < -0.4 is 10.1 Å². The fraction of sp³-hybridized carbons (Fsp3) is 0.632. The van der Waals surface area contributed by atoms with Crippen molar-refractivity contribution < 1.29 is 27.8 Å². The molecule has 0 aromatic heterocycles. The van der Waals surface area contributed by atoms with Crippen LogP contribution in [0.5, 0.6) is 5.75 Å². The fourth-order valence-electron chi connectivity index (χ4n) is 2.85. The third-order valence-corrected chi connectivity index (χ3v) is 4.33. The summed E-state index contributed by atoms with van der Waals surface area (Å²) in [5, 5.41) is 13.3. The molecule has 2 atom stereocenters. The number of hydrogen-bond donors (Lipinski definition) is 2. The van der Waals surface area contributed by atoms with Crippen molar-refractivity contribution in [2.75, 3.05) is 46.5 Å². The maximum atomic E-state index is 12.6. The van der Waals surface area contributed by atoms with E-state index in [1.165, 1.54) is 12.1 Å². The van der Waals surface area contributed by atoms with Crippen LogP contribution in [0.1, 0.15) is 18.9 Å². The summed E-state index contributed by atoms with van der Waals surface area (Å²) >= 11 is 0. The molecule has 10 heteroatoms. The van der Waals surface area contributed by atoms with Gasteiger partial charge >= 0.3 is 6.18 Å². The Morgan fingerprint density at radius 3 is 2.62 bits per heavy atom. The van der Waals surface area contributed by atoms with Crippen LogP contribution in [-0.2, 0) is 10.9 Å². The molecule has 2 N–H and O–H groups in total. The highest BCUT2D eigenvalue weighted by Gasteiger charge is 2.30. The molecule has 0 saturated carbocycles. The van der Waals surface area contributed by atoms with E-state index in [2.05, 4.69) is 10.3 Å². The van der Waals surface area contributed by atoms with E-state index in [9.17, 15) is 18.3 Å². The van der Waals surface area contributed by atoms with Gasteiger partial charge in [0.15, 0.2) is 5.96 Å². The second-order valence-corrected chi connectivity index (χ2v) is 6.79. The first kappa shape index (κ1) is 25.8. The van der Waals surface area contributed by atoms with Gasteiger partial charge in [-0.05, 0) is 37.6 Å². The highest BCUT2D eigenvalue weighted by atomic mass is 127. The minimum absolute atomic E-state index is 0. The lowest BCUT2D eigenvalue weighted by molar-refractivity contribution is -0.137. The lowest BCUT2D eigenvalue weighted by Gasteiger charge is -2.24. The van der Waals surface area contributed by atoms with Gasteiger partial charge in [-0.3, -0.25) is 4.99 Å². The number of aliphatic hydroxyl groups is 1. The number of aliphatic hydroxyl groups excluding tert-OH is 1. The molecular formula is C19H29F3IN3O3. The molecule has 1 heterocycles. The number of rotatable bonds is 8. The third kappa shape index (κ3) is 8.95. The first-order valence-electron chi connectivity index (χ1n) is 9.35. The maximum absolute atomic E-state index is 12.6. The normalized spacial score (nSPS) is 18.1. The summed E-state index contributed by atoms with van der Waals surface area (Å²) in [4.78, 5) is 6.43. The second-order valence-electron chi connectivity index (χ2n) is 6.79. The average molecular weight is 531 g/mol. The summed E-state index contributed by atoms with van der Waals surface area (Å²) in [6.45, 7) is 5.06. The molecule has 0 bridgehead atoms. The van der Waals surface area contributed by atoms with Gasteiger partial charge in [-0.15, -0.1) is 24.0 Å². The number of aliphatic imine (C=N–C) groups is 1. The molecule has 1 aromatic rings. The van der Waals surface area contributed by atoms with E-state index in [4.69, 9.17) is 9.47 Å². The van der Waals surface area contributed by atoms with Crippen LogP contribution in [-0.4, -0.2) is 68.6 Å². The second kappa shape index (κ2) is 12.4. The molecule has 2 unspecified atom stereocenters. The molecule has 1 aliphatic heterocycles. The summed E-state index contributed by atoms with van der Waals surface area (Å²) in [6, 6.07) is 4.37. The number of nitrogens with one attached hydrogen (secondary N) is 1. The van der Waals surface area contributed by atoms with Crippen molar-refractivity contribution in [2.45, 2.75) is 25.6 Å². The average Bonchev–Trinajstić information content (AvgIpc) is 3.16. The van der Waals surface area contributed by atoms with Gasteiger partial charge in [-0.2, -0.15) is 13.2 Å². The third-order valence-electron chi connectivity index (χ3n) is 4.33. The van der Waals surface area contributed by atoms with Gasteiger partial charge in [0, 0.05) is 32.7 Å². The zero-order valence-corrected chi connectivity index (χ0v) is 18.9. The Balaban J connectivity index is 0.00000420. The summed E-state index contributed by atoms with van der Waals surface area (Å²) < 4.78 is 48.4. The van der Waals surface area contributed by atoms with Crippen LogP contribution in [0.25, 0.3) is 0 Å². The molecule has 2 rings (SSSR count). The Bertz CT molecular complexity index is 623. The van der Waals surface area contributed by atoms with Gasteiger partial charge in [0.2, 0.25) is 0 Å². The minimum Gasteiger partial charge on any atom is -0.491 e. The quantitative estimate of drug-likeness (QED) is 0.307. The molecule has 1 fully saturated rings. The lowest BCUT2D eigenvalue weighted by Crippen LogP contribution is -2.42. The van der Waals surface area contributed by atoms with Crippen molar-refractivity contribution >= 4 is 29.9 Å². The predicted octanol–water partition coefficient (Wildman–Crippen LogP) is 3.00. The molecular weight excluding hydrogens is 502 g/mol. The molecule has 0 radical (unpaired) electrons. The largest absolute Gasteiger partial charge is 0.491 e. The minimum atomic E-state index is -4.38. The molecule has 1 aliphatic rings. The van der Waals surface area contributed by atoms with Crippen molar-refractivity contribution in [3.05, 3.63) is 29.8 Å². The van der Waals surface area contributed by atoms with Crippen molar-refractivity contribution in [1.82, 2.24) is 10.2 Å². The first-order chi connectivity index (χ1) is 13.3. The summed E-state index contributed by atoms with van der Waals surface area (Å²) in [5.41, 5.74) is -0.740. The molecule has 0 aliphatic carbocycles. The number of hydrogen-bond acceptors (Lipinski definition) is 4. The number of nitrogens with zero attached hydrogens (tertiary/aromatic N) is 2. The van der Waals surface area contributed by atoms with Crippen LogP contribution in [0.15, 0.2) is 29.3 Å². The van der Waals surface area contributed by atoms with E-state index in [-0.39, 0.29) is 42.9 Å². The van der Waals surface area contributed by atoms with Gasteiger partial charge in [0.1, 0.15) is 18.5 Å². The monoisotopic (exact) mass is 531 g/mol. The van der Waals surface area contributed by atoms with Gasteiger partial charge in [0.25, 0.3) is 0 Å². The van der Waals surface area contributed by atoms with Crippen molar-refractivity contribution in [3.8, 4) is 5.75 Å². The van der Waals surface area contributed by atoms with E-state index in [1.54, 1.807) is 0 Å². The molecule has 0 amide bonds. The molecule has 6 nitrogen and oxygen atoms in total. The van der Waals surface area contributed by atoms with Gasteiger partial charge < -0.3 is 24.8 Å². The first-order valence-corrected chi connectivity index (χ1v) is 9.35. The van der Waals surface area contributed by atoms with E-state index in [1.807, 2.05) is 18.9 Å². The van der Waals surface area contributed by atoms with Crippen LogP contribution in [0, 0.1) is 5.92 Å². The molecule has 166 valence electrons. The Hall–Kier alpha value is -1.27. The van der Waals surface area contributed by atoms with E-state index in [0.29, 0.717) is 18.4 Å². The lowest BCUT2D eigenvalue weighted by atomic mass is 10.1. The van der Waals surface area contributed by atoms with E-state index >= 15 is 0 Å². The summed E-state index contributed by atoms with van der Waals surface area (Å²) in [5.74, 6) is 1.41. The standard InChI is InChI=1S/C19H28F3N3O3.HI/c1-3-23-18(25(2)11-14-8-9-27-12-14)24-10-16(26)13-28-17-6-4-15(5-7-17)19(20,21)22;/h4-7,14,16,26H,3,8-13H2,1-2H3,(H,23,24);1H. The highest BCUT2D eigenvalue weighted by Crippen LogP contribution is 2.30. The van der Waals surface area contributed by atoms with Gasteiger partial charge in [-0.25, -0.2) is 0 Å². The van der Waals surface area contributed by atoms with Crippen LogP contribution in [0.4, 0.5) is 13.2 Å². The summed E-state index contributed by atoms with van der Waals surface area (Å²) in [6.07, 6.45) is -4.24. The Labute approximate surface area is 186 Å². The van der Waals surface area contributed by atoms with Crippen molar-refractivity contribution in [1.29, 1.82) is 0 Å². The van der Waals surface area contributed by atoms with Crippen LogP contribution >= 0.6 is 24.0 Å². The smallest absolute Gasteiger partial charge is 0.416 e. The molecule has 29 heavy (non-hydrogen) atoms. The number of benzene rings is 1. The molecule has 1 aromatic carbocycles. The molecule has 1 saturated heterocycles. The summed E-state index contributed by atoms with van der Waals surface area (Å²) in [7, 11) is 1.94. The zero-order chi connectivity index (χ0) is 20.6. The van der Waals surface area contributed by atoms with Gasteiger partial charge in [-0.1, -0.05) is 0 Å². The predicted molar refractivity (Wildman–Crippen MR) is 116 cm³/mol. The Morgan fingerprint density at radius 2 is 2.07 bits per heavy atom. The van der Waals surface area contributed by atoms with Gasteiger partial charge in [0.05, 0.1) is 18.7 Å². The topological polar surface area (TPSA) is 66.3 Å².